The molecule has 8 heteroatoms. The highest BCUT2D eigenvalue weighted by molar-refractivity contribution is 5.32. The van der Waals surface area contributed by atoms with Crippen LogP contribution in [0.15, 0.2) is 18.5 Å². The van der Waals surface area contributed by atoms with Gasteiger partial charge in [0.25, 0.3) is 0 Å². The number of hydrogen-bond acceptors (Lipinski definition) is 5. The number of aryl methyl sites for hydroxylation is 2. The topological polar surface area (TPSA) is 50.1 Å². The first-order chi connectivity index (χ1) is 11.0. The molecule has 23 heavy (non-hydrogen) atoms. The fourth-order valence-electron chi connectivity index (χ4n) is 2.80. The number of aromatic nitrogens is 4. The van der Waals surface area contributed by atoms with Crippen molar-refractivity contribution in [3.8, 4) is 0 Å². The Bertz CT molecular complexity index is 643. The van der Waals surface area contributed by atoms with Crippen molar-refractivity contribution in [2.75, 3.05) is 31.1 Å². The van der Waals surface area contributed by atoms with Crippen LogP contribution < -0.4 is 4.90 Å². The lowest BCUT2D eigenvalue weighted by atomic mass is 10.3. The molecule has 1 fully saturated rings. The average molecular weight is 322 g/mol. The number of anilines is 1. The Morgan fingerprint density at radius 1 is 1.09 bits per heavy atom. The summed E-state index contributed by atoms with van der Waals surface area (Å²) >= 11 is 0. The largest absolute Gasteiger partial charge is 0.338 e. The van der Waals surface area contributed by atoms with E-state index in [1.54, 1.807) is 0 Å². The molecule has 1 saturated heterocycles. The number of nitrogens with zero attached hydrogens (tertiary/aromatic N) is 6. The van der Waals surface area contributed by atoms with Crippen molar-refractivity contribution in [2.45, 2.75) is 26.9 Å². The summed E-state index contributed by atoms with van der Waals surface area (Å²) in [6.07, 6.45) is 2.74. The first kappa shape index (κ1) is 15.8. The third-order valence-corrected chi connectivity index (χ3v) is 3.95. The van der Waals surface area contributed by atoms with Gasteiger partial charge in [0.2, 0.25) is 5.95 Å². The lowest BCUT2D eigenvalue weighted by molar-refractivity contribution is 0.0636. The summed E-state index contributed by atoms with van der Waals surface area (Å²) in [7, 11) is 0. The summed E-state index contributed by atoms with van der Waals surface area (Å²) in [6, 6.07) is 1.95. The van der Waals surface area contributed by atoms with Crippen LogP contribution >= 0.6 is 0 Å². The number of alkyl halides is 2. The van der Waals surface area contributed by atoms with Crippen LogP contribution in [0.3, 0.4) is 0 Å². The van der Waals surface area contributed by atoms with E-state index in [0.29, 0.717) is 12.4 Å². The average Bonchev–Trinajstić information content (AvgIpc) is 2.95. The number of rotatable bonds is 4. The maximum Gasteiger partial charge on any atom is 0.319 e. The molecule has 124 valence electrons. The van der Waals surface area contributed by atoms with Gasteiger partial charge in [-0.05, 0) is 19.9 Å². The van der Waals surface area contributed by atoms with E-state index in [4.69, 9.17) is 0 Å². The van der Waals surface area contributed by atoms with Crippen LogP contribution in [0.25, 0.3) is 0 Å². The van der Waals surface area contributed by atoms with E-state index in [2.05, 4.69) is 24.8 Å². The second kappa shape index (κ2) is 6.57. The lowest BCUT2D eigenvalue weighted by Gasteiger charge is -2.34. The molecule has 1 aliphatic heterocycles. The molecule has 0 amide bonds. The molecular formula is C15H20F2N6. The molecular weight excluding hydrogens is 302 g/mol. The van der Waals surface area contributed by atoms with Crippen molar-refractivity contribution in [3.05, 3.63) is 35.7 Å². The minimum Gasteiger partial charge on any atom is -0.338 e. The Morgan fingerprint density at radius 2 is 1.74 bits per heavy atom. The molecule has 2 aromatic heterocycles. The normalized spacial score (nSPS) is 16.3. The minimum absolute atomic E-state index is 0.399. The summed E-state index contributed by atoms with van der Waals surface area (Å²) in [5.74, 6) is 1.15. The standard InChI is InChI=1S/C15H20F2N6/c1-11-9-12(2)20-15(19-11)22-7-5-21(6-8-22)10-13-18-3-4-23(13)14(16)17/h3-4,9,14H,5-8,10H2,1-2H3. The zero-order valence-corrected chi connectivity index (χ0v) is 13.3. The van der Waals surface area contributed by atoms with Gasteiger partial charge in [0.15, 0.2) is 0 Å². The van der Waals surface area contributed by atoms with Gasteiger partial charge >= 0.3 is 6.55 Å². The maximum absolute atomic E-state index is 12.9. The van der Waals surface area contributed by atoms with Crippen molar-refractivity contribution < 1.29 is 8.78 Å². The van der Waals surface area contributed by atoms with E-state index in [9.17, 15) is 8.78 Å². The van der Waals surface area contributed by atoms with Crippen molar-refractivity contribution >= 4 is 5.95 Å². The van der Waals surface area contributed by atoms with Gasteiger partial charge in [0, 0.05) is 50.0 Å². The summed E-state index contributed by atoms with van der Waals surface area (Å²) < 4.78 is 26.6. The van der Waals surface area contributed by atoms with E-state index in [1.165, 1.54) is 12.4 Å². The van der Waals surface area contributed by atoms with Crippen molar-refractivity contribution in [1.29, 1.82) is 0 Å². The molecule has 0 N–H and O–H groups in total. The highest BCUT2D eigenvalue weighted by atomic mass is 19.3. The third-order valence-electron chi connectivity index (χ3n) is 3.95. The second-order valence-electron chi connectivity index (χ2n) is 5.74. The first-order valence-corrected chi connectivity index (χ1v) is 7.62. The second-order valence-corrected chi connectivity index (χ2v) is 5.74. The fourth-order valence-corrected chi connectivity index (χ4v) is 2.80. The zero-order chi connectivity index (χ0) is 16.4. The summed E-state index contributed by atoms with van der Waals surface area (Å²) in [4.78, 5) is 17.2. The molecule has 3 rings (SSSR count). The van der Waals surface area contributed by atoms with E-state index < -0.39 is 6.55 Å². The SMILES string of the molecule is Cc1cc(C)nc(N2CCN(Cc3nccn3C(F)F)CC2)n1. The summed E-state index contributed by atoms with van der Waals surface area (Å²) in [5, 5.41) is 0. The van der Waals surface area contributed by atoms with Crippen LogP contribution in [0.4, 0.5) is 14.7 Å². The monoisotopic (exact) mass is 322 g/mol. The first-order valence-electron chi connectivity index (χ1n) is 7.62. The summed E-state index contributed by atoms with van der Waals surface area (Å²) in [6.45, 7) is 4.89. The fraction of sp³-hybridized carbons (Fsp3) is 0.533. The Kier molecular flexibility index (Phi) is 4.51. The van der Waals surface area contributed by atoms with Crippen molar-refractivity contribution in [1.82, 2.24) is 24.4 Å². The number of hydrogen-bond donors (Lipinski definition) is 0. The molecule has 0 spiro atoms. The van der Waals surface area contributed by atoms with Crippen molar-refractivity contribution in [2.24, 2.45) is 0 Å². The van der Waals surface area contributed by atoms with Gasteiger partial charge in [-0.15, -0.1) is 0 Å². The predicted molar refractivity (Wildman–Crippen MR) is 82.5 cm³/mol. The van der Waals surface area contributed by atoms with Crippen LogP contribution in [0.5, 0.6) is 0 Å². The molecule has 6 nitrogen and oxygen atoms in total. The van der Waals surface area contributed by atoms with Crippen LogP contribution in [0.1, 0.15) is 23.8 Å². The Morgan fingerprint density at radius 3 is 2.35 bits per heavy atom. The molecule has 0 radical (unpaired) electrons. The Labute approximate surface area is 133 Å². The van der Waals surface area contributed by atoms with E-state index in [0.717, 1.165) is 48.1 Å². The Balaban J connectivity index is 1.61. The number of piperazine rings is 1. The van der Waals surface area contributed by atoms with Gasteiger partial charge in [-0.25, -0.2) is 15.0 Å². The van der Waals surface area contributed by atoms with Gasteiger partial charge in [-0.1, -0.05) is 0 Å². The van der Waals surface area contributed by atoms with Gasteiger partial charge in [-0.3, -0.25) is 9.47 Å². The number of imidazole rings is 1. The molecule has 0 aromatic carbocycles. The van der Waals surface area contributed by atoms with Crippen LogP contribution in [-0.4, -0.2) is 50.6 Å². The van der Waals surface area contributed by atoms with Crippen LogP contribution in [0, 0.1) is 13.8 Å². The molecule has 2 aromatic rings. The zero-order valence-electron chi connectivity index (χ0n) is 13.3. The van der Waals surface area contributed by atoms with Gasteiger partial charge in [0.05, 0.1) is 6.54 Å². The molecule has 1 aliphatic rings. The predicted octanol–water partition coefficient (Wildman–Crippen LogP) is 2.01. The third kappa shape index (κ3) is 3.64. The number of halogens is 2. The van der Waals surface area contributed by atoms with E-state index in [1.807, 2.05) is 19.9 Å². The van der Waals surface area contributed by atoms with Crippen LogP contribution in [-0.2, 0) is 6.54 Å². The molecule has 3 heterocycles. The highest BCUT2D eigenvalue weighted by Crippen LogP contribution is 2.17. The molecule has 0 unspecified atom stereocenters. The quantitative estimate of drug-likeness (QED) is 0.862. The van der Waals surface area contributed by atoms with Gasteiger partial charge in [-0.2, -0.15) is 8.78 Å². The smallest absolute Gasteiger partial charge is 0.319 e. The molecule has 0 aliphatic carbocycles. The molecule has 0 saturated carbocycles. The molecule has 0 atom stereocenters. The van der Waals surface area contributed by atoms with E-state index >= 15 is 0 Å². The molecule has 0 bridgehead atoms. The summed E-state index contributed by atoms with van der Waals surface area (Å²) in [5.41, 5.74) is 1.91. The van der Waals surface area contributed by atoms with Gasteiger partial charge < -0.3 is 4.90 Å². The van der Waals surface area contributed by atoms with Gasteiger partial charge in [0.1, 0.15) is 5.82 Å². The highest BCUT2D eigenvalue weighted by Gasteiger charge is 2.21. The van der Waals surface area contributed by atoms with Crippen molar-refractivity contribution in [3.63, 3.8) is 0 Å². The van der Waals surface area contributed by atoms with E-state index in [-0.39, 0.29) is 0 Å². The van der Waals surface area contributed by atoms with Crippen LogP contribution in [0.2, 0.25) is 0 Å². The minimum atomic E-state index is -2.54. The maximum atomic E-state index is 12.9. The Hall–Kier alpha value is -2.09. The lowest BCUT2D eigenvalue weighted by Crippen LogP contribution is -2.47.